The summed E-state index contributed by atoms with van der Waals surface area (Å²) in [5.41, 5.74) is 0.849. The molecule has 0 bridgehead atoms. The van der Waals surface area contributed by atoms with E-state index in [1.165, 1.54) is 11.2 Å². The minimum atomic E-state index is 0.526. The first-order chi connectivity index (χ1) is 9.63. The average Bonchev–Trinajstić information content (AvgIpc) is 2.47. The van der Waals surface area contributed by atoms with E-state index in [1.807, 2.05) is 24.4 Å². The van der Waals surface area contributed by atoms with Gasteiger partial charge in [0.05, 0.1) is 11.6 Å². The summed E-state index contributed by atoms with van der Waals surface area (Å²) in [5, 5.41) is 12.0. The third kappa shape index (κ3) is 3.16. The molecule has 0 amide bonds. The molecule has 0 aliphatic heterocycles. The Bertz CT molecular complexity index is 655. The zero-order valence-corrected chi connectivity index (χ0v) is 12.5. The van der Waals surface area contributed by atoms with Crippen LogP contribution in [0.2, 0.25) is 0 Å². The van der Waals surface area contributed by atoms with Gasteiger partial charge in [0.25, 0.3) is 0 Å². The van der Waals surface area contributed by atoms with Crippen LogP contribution in [-0.2, 0) is 0 Å². The Hall–Kier alpha value is -2.33. The van der Waals surface area contributed by atoms with Crippen LogP contribution < -0.4 is 15.0 Å². The number of nitrogens with one attached hydrogen (secondary N) is 1. The van der Waals surface area contributed by atoms with Crippen LogP contribution >= 0.6 is 15.9 Å². The summed E-state index contributed by atoms with van der Waals surface area (Å²) in [6.07, 6.45) is 3.39. The number of halogens is 1. The standard InChI is InChI=1S/C13H12BrN5O/c1-19(7-15)13-6-12(16-8-17-13)18-9-3-4-11(20-2)10(14)5-9/h3-6,8H,1-2H3,(H,16,17,18). The van der Waals surface area contributed by atoms with Crippen LogP contribution in [0.4, 0.5) is 17.3 Å². The Kier molecular flexibility index (Phi) is 4.38. The summed E-state index contributed by atoms with van der Waals surface area (Å²) < 4.78 is 6.01. The fraction of sp³-hybridized carbons (Fsp3) is 0.154. The summed E-state index contributed by atoms with van der Waals surface area (Å²) in [5.74, 6) is 1.88. The molecule has 7 heteroatoms. The van der Waals surface area contributed by atoms with Crippen molar-refractivity contribution >= 4 is 33.3 Å². The Morgan fingerprint density at radius 1 is 1.35 bits per heavy atom. The molecule has 2 aromatic rings. The van der Waals surface area contributed by atoms with Crippen LogP contribution in [0.25, 0.3) is 0 Å². The minimum Gasteiger partial charge on any atom is -0.496 e. The average molecular weight is 334 g/mol. The van der Waals surface area contributed by atoms with Gasteiger partial charge in [-0.2, -0.15) is 5.26 Å². The zero-order chi connectivity index (χ0) is 14.5. The van der Waals surface area contributed by atoms with Gasteiger partial charge in [0.15, 0.2) is 6.19 Å². The van der Waals surface area contributed by atoms with E-state index in [2.05, 4.69) is 31.2 Å². The normalized spacial score (nSPS) is 9.70. The Morgan fingerprint density at radius 2 is 2.15 bits per heavy atom. The second kappa shape index (κ2) is 6.21. The molecule has 2 rings (SSSR count). The van der Waals surface area contributed by atoms with Gasteiger partial charge in [-0.25, -0.2) is 9.97 Å². The van der Waals surface area contributed by atoms with E-state index in [-0.39, 0.29) is 0 Å². The fourth-order valence-corrected chi connectivity index (χ4v) is 2.08. The van der Waals surface area contributed by atoms with Crippen LogP contribution in [0, 0.1) is 11.5 Å². The Labute approximate surface area is 125 Å². The van der Waals surface area contributed by atoms with Crippen molar-refractivity contribution in [3.8, 4) is 11.9 Å². The van der Waals surface area contributed by atoms with Crippen molar-refractivity contribution < 1.29 is 4.74 Å². The summed E-state index contributed by atoms with van der Waals surface area (Å²) in [6.45, 7) is 0. The number of hydrogen-bond donors (Lipinski definition) is 1. The molecule has 0 saturated carbocycles. The number of rotatable bonds is 4. The molecule has 0 aliphatic rings. The topological polar surface area (TPSA) is 74.1 Å². The molecule has 20 heavy (non-hydrogen) atoms. The number of ether oxygens (including phenoxy) is 1. The second-order valence-electron chi connectivity index (χ2n) is 3.89. The first-order valence-electron chi connectivity index (χ1n) is 5.70. The molecule has 6 nitrogen and oxygen atoms in total. The van der Waals surface area contributed by atoms with Gasteiger partial charge in [-0.15, -0.1) is 0 Å². The molecular formula is C13H12BrN5O. The van der Waals surface area contributed by atoms with Crippen molar-refractivity contribution in [1.82, 2.24) is 9.97 Å². The van der Waals surface area contributed by atoms with Crippen molar-refractivity contribution in [2.75, 3.05) is 24.4 Å². The third-order valence-electron chi connectivity index (χ3n) is 2.57. The zero-order valence-electron chi connectivity index (χ0n) is 11.0. The number of aromatic nitrogens is 2. The molecule has 0 atom stereocenters. The number of nitrogens with zero attached hydrogens (tertiary/aromatic N) is 4. The number of hydrogen-bond acceptors (Lipinski definition) is 6. The predicted octanol–water partition coefficient (Wildman–Crippen LogP) is 2.91. The lowest BCUT2D eigenvalue weighted by atomic mass is 10.3. The highest BCUT2D eigenvalue weighted by molar-refractivity contribution is 9.10. The van der Waals surface area contributed by atoms with Crippen molar-refractivity contribution in [3.05, 3.63) is 35.1 Å². The third-order valence-corrected chi connectivity index (χ3v) is 3.19. The van der Waals surface area contributed by atoms with Crippen molar-refractivity contribution in [3.63, 3.8) is 0 Å². The van der Waals surface area contributed by atoms with E-state index < -0.39 is 0 Å². The first-order valence-corrected chi connectivity index (χ1v) is 6.49. The highest BCUT2D eigenvalue weighted by Crippen LogP contribution is 2.29. The highest BCUT2D eigenvalue weighted by atomic mass is 79.9. The summed E-state index contributed by atoms with van der Waals surface area (Å²) in [6, 6.07) is 7.30. The lowest BCUT2D eigenvalue weighted by Gasteiger charge is -2.11. The van der Waals surface area contributed by atoms with Gasteiger partial charge >= 0.3 is 0 Å². The van der Waals surface area contributed by atoms with E-state index >= 15 is 0 Å². The molecule has 0 aliphatic carbocycles. The van der Waals surface area contributed by atoms with Crippen LogP contribution in [-0.4, -0.2) is 24.1 Å². The molecule has 0 spiro atoms. The number of nitriles is 1. The van der Waals surface area contributed by atoms with Crippen LogP contribution in [0.5, 0.6) is 5.75 Å². The summed E-state index contributed by atoms with van der Waals surface area (Å²) in [7, 11) is 3.25. The van der Waals surface area contributed by atoms with Gasteiger partial charge in [0.1, 0.15) is 23.7 Å². The smallest absolute Gasteiger partial charge is 0.185 e. The van der Waals surface area contributed by atoms with Gasteiger partial charge < -0.3 is 10.1 Å². The molecule has 1 N–H and O–H groups in total. The minimum absolute atomic E-state index is 0.526. The fourth-order valence-electron chi connectivity index (χ4n) is 1.54. The first kappa shape index (κ1) is 14.1. The molecule has 0 unspecified atom stereocenters. The van der Waals surface area contributed by atoms with Gasteiger partial charge in [-0.05, 0) is 34.1 Å². The van der Waals surface area contributed by atoms with E-state index in [4.69, 9.17) is 10.00 Å². The monoisotopic (exact) mass is 333 g/mol. The summed E-state index contributed by atoms with van der Waals surface area (Å²) >= 11 is 3.42. The Balaban J connectivity index is 2.22. The van der Waals surface area contributed by atoms with Gasteiger partial charge in [0.2, 0.25) is 0 Å². The van der Waals surface area contributed by atoms with E-state index in [9.17, 15) is 0 Å². The maximum absolute atomic E-state index is 8.84. The SMILES string of the molecule is COc1ccc(Nc2cc(N(C)C#N)ncn2)cc1Br. The van der Waals surface area contributed by atoms with Gasteiger partial charge in [0, 0.05) is 18.8 Å². The van der Waals surface area contributed by atoms with E-state index in [0.29, 0.717) is 11.6 Å². The molecule has 1 heterocycles. The highest BCUT2D eigenvalue weighted by Gasteiger charge is 2.05. The van der Waals surface area contributed by atoms with E-state index in [1.54, 1.807) is 20.2 Å². The van der Waals surface area contributed by atoms with Crippen LogP contribution in [0.1, 0.15) is 0 Å². The molecule has 0 radical (unpaired) electrons. The molecule has 0 saturated heterocycles. The quantitative estimate of drug-likeness (QED) is 0.685. The molecule has 1 aromatic carbocycles. The molecular weight excluding hydrogens is 322 g/mol. The number of methoxy groups -OCH3 is 1. The molecule has 102 valence electrons. The Morgan fingerprint density at radius 3 is 2.80 bits per heavy atom. The van der Waals surface area contributed by atoms with Crippen LogP contribution in [0.3, 0.4) is 0 Å². The maximum Gasteiger partial charge on any atom is 0.185 e. The lowest BCUT2D eigenvalue weighted by Crippen LogP contribution is -2.10. The van der Waals surface area contributed by atoms with Gasteiger partial charge in [-0.1, -0.05) is 0 Å². The number of anilines is 3. The molecule has 1 aromatic heterocycles. The summed E-state index contributed by atoms with van der Waals surface area (Å²) in [4.78, 5) is 9.50. The van der Waals surface area contributed by atoms with Gasteiger partial charge in [-0.3, -0.25) is 4.90 Å². The molecule has 0 fully saturated rings. The second-order valence-corrected chi connectivity index (χ2v) is 4.75. The largest absolute Gasteiger partial charge is 0.496 e. The van der Waals surface area contributed by atoms with Crippen molar-refractivity contribution in [2.24, 2.45) is 0 Å². The van der Waals surface area contributed by atoms with Crippen LogP contribution in [0.15, 0.2) is 35.1 Å². The number of benzene rings is 1. The van der Waals surface area contributed by atoms with Crippen molar-refractivity contribution in [1.29, 1.82) is 5.26 Å². The predicted molar refractivity (Wildman–Crippen MR) is 80.0 cm³/mol. The maximum atomic E-state index is 8.84. The van der Waals surface area contributed by atoms with Crippen molar-refractivity contribution in [2.45, 2.75) is 0 Å². The lowest BCUT2D eigenvalue weighted by molar-refractivity contribution is 0.412. The van der Waals surface area contributed by atoms with E-state index in [0.717, 1.165) is 15.9 Å².